The van der Waals surface area contributed by atoms with Crippen LogP contribution in [-0.4, -0.2) is 22.3 Å². The maximum absolute atomic E-state index is 10.6. The van der Waals surface area contributed by atoms with Gasteiger partial charge in [-0.1, -0.05) is 0 Å². The van der Waals surface area contributed by atoms with E-state index in [1.165, 1.54) is 0 Å². The van der Waals surface area contributed by atoms with Crippen molar-refractivity contribution in [2.75, 3.05) is 0 Å². The van der Waals surface area contributed by atoms with Crippen molar-refractivity contribution in [3.63, 3.8) is 0 Å². The van der Waals surface area contributed by atoms with Crippen molar-refractivity contribution >= 4 is 6.09 Å². The Labute approximate surface area is 77.5 Å². The van der Waals surface area contributed by atoms with Crippen molar-refractivity contribution in [3.8, 4) is 0 Å². The van der Waals surface area contributed by atoms with Gasteiger partial charge in [0.05, 0.1) is 0 Å². The third kappa shape index (κ3) is 1.50. The van der Waals surface area contributed by atoms with Gasteiger partial charge >= 0.3 is 6.09 Å². The predicted octanol–water partition coefficient (Wildman–Crippen LogP) is 1.06. The lowest BCUT2D eigenvalue weighted by molar-refractivity contribution is 0.0790. The average Bonchev–Trinajstić information content (AvgIpc) is 2.07. The number of amides is 1. The molecule has 3 aliphatic carbocycles. The minimum atomic E-state index is -0.897. The van der Waals surface area contributed by atoms with E-state index in [2.05, 4.69) is 5.32 Å². The molecule has 4 N–H and O–H groups in total. The standard InChI is InChI=1S/C9H16N2O2/c10-8-1-4-9(5-2-8,6-3-8)11-7(12)13/h11H,1-6,10H2,(H,12,13). The number of carbonyl (C=O) groups is 1. The Morgan fingerprint density at radius 2 is 1.62 bits per heavy atom. The maximum Gasteiger partial charge on any atom is 0.405 e. The number of hydrogen-bond donors (Lipinski definition) is 3. The highest BCUT2D eigenvalue weighted by molar-refractivity contribution is 5.65. The molecule has 74 valence electrons. The molecule has 0 heterocycles. The lowest BCUT2D eigenvalue weighted by Gasteiger charge is -2.51. The first-order valence-electron chi connectivity index (χ1n) is 4.84. The molecule has 0 radical (unpaired) electrons. The average molecular weight is 184 g/mol. The molecule has 4 heteroatoms. The van der Waals surface area contributed by atoms with Crippen LogP contribution in [0.5, 0.6) is 0 Å². The summed E-state index contributed by atoms with van der Waals surface area (Å²) in [6, 6.07) is 0. The zero-order valence-corrected chi connectivity index (χ0v) is 7.68. The molecule has 3 aliphatic rings. The molecular formula is C9H16N2O2. The van der Waals surface area contributed by atoms with Crippen LogP contribution < -0.4 is 11.1 Å². The molecule has 0 unspecified atom stereocenters. The molecule has 1 amide bonds. The Bertz CT molecular complexity index is 215. The Morgan fingerprint density at radius 3 is 2.00 bits per heavy atom. The number of nitrogens with two attached hydrogens (primary N) is 1. The van der Waals surface area contributed by atoms with E-state index in [0.717, 1.165) is 38.5 Å². The summed E-state index contributed by atoms with van der Waals surface area (Å²) in [7, 11) is 0. The van der Waals surface area contributed by atoms with Crippen molar-refractivity contribution in [2.45, 2.75) is 49.6 Å². The van der Waals surface area contributed by atoms with Gasteiger partial charge < -0.3 is 16.2 Å². The van der Waals surface area contributed by atoms with Gasteiger partial charge in [0.1, 0.15) is 0 Å². The number of rotatable bonds is 1. The molecule has 2 bridgehead atoms. The number of nitrogens with one attached hydrogen (secondary N) is 1. The summed E-state index contributed by atoms with van der Waals surface area (Å²) in [6.07, 6.45) is 4.74. The van der Waals surface area contributed by atoms with E-state index in [9.17, 15) is 4.79 Å². The van der Waals surface area contributed by atoms with Crippen LogP contribution in [0.2, 0.25) is 0 Å². The molecular weight excluding hydrogens is 168 g/mol. The summed E-state index contributed by atoms with van der Waals surface area (Å²) in [5.74, 6) is 0. The first kappa shape index (κ1) is 8.81. The van der Waals surface area contributed by atoms with Crippen LogP contribution in [0.4, 0.5) is 4.79 Å². The highest BCUT2D eigenvalue weighted by Gasteiger charge is 2.47. The summed E-state index contributed by atoms with van der Waals surface area (Å²) in [6.45, 7) is 0. The van der Waals surface area contributed by atoms with Crippen molar-refractivity contribution < 1.29 is 9.90 Å². The van der Waals surface area contributed by atoms with E-state index in [4.69, 9.17) is 10.8 Å². The highest BCUT2D eigenvalue weighted by atomic mass is 16.4. The SMILES string of the molecule is NC12CCC(NC(=O)O)(CC1)CC2. The second-order valence-electron chi connectivity index (χ2n) is 4.57. The quantitative estimate of drug-likeness (QED) is 0.570. The van der Waals surface area contributed by atoms with Crippen molar-refractivity contribution in [2.24, 2.45) is 5.73 Å². The molecule has 0 saturated heterocycles. The van der Waals surface area contributed by atoms with E-state index < -0.39 is 6.09 Å². The van der Waals surface area contributed by atoms with Gasteiger partial charge in [-0.05, 0) is 38.5 Å². The molecule has 0 aromatic carbocycles. The zero-order chi connectivity index (χ0) is 9.53. The molecule has 0 spiro atoms. The molecule has 0 aliphatic heterocycles. The van der Waals surface area contributed by atoms with Crippen LogP contribution >= 0.6 is 0 Å². The Kier molecular flexibility index (Phi) is 1.77. The van der Waals surface area contributed by atoms with E-state index in [0.29, 0.717) is 0 Å². The van der Waals surface area contributed by atoms with Gasteiger partial charge in [-0.3, -0.25) is 0 Å². The second kappa shape index (κ2) is 2.61. The summed E-state index contributed by atoms with van der Waals surface area (Å²) in [5.41, 5.74) is 5.98. The Balaban J connectivity index is 2.07. The third-order valence-electron chi connectivity index (χ3n) is 3.68. The molecule has 13 heavy (non-hydrogen) atoms. The van der Waals surface area contributed by atoms with Gasteiger partial charge in [-0.15, -0.1) is 0 Å². The fraction of sp³-hybridized carbons (Fsp3) is 0.889. The first-order chi connectivity index (χ1) is 6.04. The van der Waals surface area contributed by atoms with Crippen LogP contribution in [0.3, 0.4) is 0 Å². The molecule has 0 atom stereocenters. The van der Waals surface area contributed by atoms with E-state index in [-0.39, 0.29) is 11.1 Å². The van der Waals surface area contributed by atoms with Gasteiger partial charge in [0.2, 0.25) is 0 Å². The minimum Gasteiger partial charge on any atom is -0.465 e. The third-order valence-corrected chi connectivity index (χ3v) is 3.68. The lowest BCUT2D eigenvalue weighted by Crippen LogP contribution is -2.61. The topological polar surface area (TPSA) is 75.3 Å². The molecule has 3 saturated carbocycles. The van der Waals surface area contributed by atoms with E-state index in [1.807, 2.05) is 0 Å². The van der Waals surface area contributed by atoms with Gasteiger partial charge in [-0.25, -0.2) is 4.79 Å². The van der Waals surface area contributed by atoms with Crippen molar-refractivity contribution in [1.82, 2.24) is 5.32 Å². The largest absolute Gasteiger partial charge is 0.465 e. The van der Waals surface area contributed by atoms with E-state index in [1.54, 1.807) is 0 Å². The number of fused-ring (bicyclic) bond motifs is 3. The molecule has 3 rings (SSSR count). The molecule has 4 nitrogen and oxygen atoms in total. The lowest BCUT2D eigenvalue weighted by atomic mass is 9.62. The monoisotopic (exact) mass is 184 g/mol. The van der Waals surface area contributed by atoms with Crippen LogP contribution in [0.1, 0.15) is 38.5 Å². The van der Waals surface area contributed by atoms with Crippen LogP contribution in [0.15, 0.2) is 0 Å². The smallest absolute Gasteiger partial charge is 0.405 e. The van der Waals surface area contributed by atoms with Crippen molar-refractivity contribution in [1.29, 1.82) is 0 Å². The summed E-state index contributed by atoms with van der Waals surface area (Å²) in [5, 5.41) is 11.4. The summed E-state index contributed by atoms with van der Waals surface area (Å²) < 4.78 is 0. The van der Waals surface area contributed by atoms with Crippen molar-refractivity contribution in [3.05, 3.63) is 0 Å². The van der Waals surface area contributed by atoms with Gasteiger partial charge in [-0.2, -0.15) is 0 Å². The van der Waals surface area contributed by atoms with Crippen LogP contribution in [0.25, 0.3) is 0 Å². The molecule has 3 fully saturated rings. The normalized spacial score (nSPS) is 43.2. The van der Waals surface area contributed by atoms with Gasteiger partial charge in [0.15, 0.2) is 0 Å². The molecule has 0 aromatic rings. The summed E-state index contributed by atoms with van der Waals surface area (Å²) in [4.78, 5) is 10.6. The highest BCUT2D eigenvalue weighted by Crippen LogP contribution is 2.45. The van der Waals surface area contributed by atoms with Crippen LogP contribution in [-0.2, 0) is 0 Å². The number of carboxylic acid groups (broad SMARTS) is 1. The fourth-order valence-electron chi connectivity index (χ4n) is 2.63. The van der Waals surface area contributed by atoms with E-state index >= 15 is 0 Å². The first-order valence-corrected chi connectivity index (χ1v) is 4.84. The number of hydrogen-bond acceptors (Lipinski definition) is 2. The second-order valence-corrected chi connectivity index (χ2v) is 4.57. The minimum absolute atomic E-state index is 0.0158. The Hall–Kier alpha value is -0.770. The van der Waals surface area contributed by atoms with Crippen LogP contribution in [0, 0.1) is 0 Å². The predicted molar refractivity (Wildman–Crippen MR) is 48.5 cm³/mol. The zero-order valence-electron chi connectivity index (χ0n) is 7.68. The molecule has 0 aromatic heterocycles. The fourth-order valence-corrected chi connectivity index (χ4v) is 2.63. The summed E-state index contributed by atoms with van der Waals surface area (Å²) >= 11 is 0. The Morgan fingerprint density at radius 1 is 1.15 bits per heavy atom. The van der Waals surface area contributed by atoms with Gasteiger partial charge in [0.25, 0.3) is 0 Å². The van der Waals surface area contributed by atoms with Gasteiger partial charge in [0, 0.05) is 11.1 Å². The maximum atomic E-state index is 10.6.